The monoisotopic (exact) mass is 427 g/mol. The van der Waals surface area contributed by atoms with Crippen LogP contribution >= 0.6 is 0 Å². The van der Waals surface area contributed by atoms with Crippen LogP contribution in [0.4, 0.5) is 5.69 Å². The number of fused-ring (bicyclic) bond motifs is 3. The average molecular weight is 428 g/mol. The Hall–Kier alpha value is -2.82. The fourth-order valence-corrected chi connectivity index (χ4v) is 6.22. The first-order valence-electron chi connectivity index (χ1n) is 11.7. The van der Waals surface area contributed by atoms with Gasteiger partial charge < -0.3 is 15.8 Å². The second kappa shape index (κ2) is 8.61. The van der Waals surface area contributed by atoms with E-state index in [4.69, 9.17) is 10.5 Å². The van der Waals surface area contributed by atoms with Gasteiger partial charge in [0, 0.05) is 30.4 Å². The van der Waals surface area contributed by atoms with Gasteiger partial charge in [-0.05, 0) is 54.1 Å². The Morgan fingerprint density at radius 3 is 2.25 bits per heavy atom. The van der Waals surface area contributed by atoms with Gasteiger partial charge in [0.25, 0.3) is 0 Å². The summed E-state index contributed by atoms with van der Waals surface area (Å²) in [5.74, 6) is 2.11. The van der Waals surface area contributed by atoms with E-state index < -0.39 is 0 Å². The van der Waals surface area contributed by atoms with Gasteiger partial charge in [-0.15, -0.1) is 0 Å². The molecule has 3 unspecified atom stereocenters. The second-order valence-electron chi connectivity index (χ2n) is 9.30. The number of anilines is 1. The fraction of sp³-hybridized carbons (Fsp3) is 0.357. The highest BCUT2D eigenvalue weighted by atomic mass is 16.5. The van der Waals surface area contributed by atoms with Crippen molar-refractivity contribution in [2.24, 2.45) is 11.8 Å². The Labute approximate surface area is 191 Å². The van der Waals surface area contributed by atoms with E-state index in [0.29, 0.717) is 11.8 Å². The third kappa shape index (κ3) is 3.39. The van der Waals surface area contributed by atoms with Gasteiger partial charge in [0.15, 0.2) is 0 Å². The predicted molar refractivity (Wildman–Crippen MR) is 131 cm³/mol. The molecule has 0 saturated carbocycles. The molecule has 0 aliphatic carbocycles. The van der Waals surface area contributed by atoms with Crippen LogP contribution in [-0.2, 0) is 12.1 Å². The number of nitrogens with two attached hydrogens (primary N) is 1. The van der Waals surface area contributed by atoms with Crippen LogP contribution in [0.25, 0.3) is 0 Å². The summed E-state index contributed by atoms with van der Waals surface area (Å²) in [4.78, 5) is 2.72. The summed E-state index contributed by atoms with van der Waals surface area (Å²) < 4.78 is 5.64. The zero-order chi connectivity index (χ0) is 22.1. The van der Waals surface area contributed by atoms with Crippen LogP contribution in [-0.4, -0.2) is 31.1 Å². The summed E-state index contributed by atoms with van der Waals surface area (Å²) in [6.07, 6.45) is 1.22. The normalized spacial score (nSPS) is 26.1. The number of nitrogens with one attached hydrogen (secondary N) is 1. The molecule has 2 bridgehead atoms. The molecule has 0 spiro atoms. The first-order valence-corrected chi connectivity index (χ1v) is 11.7. The minimum atomic E-state index is -0.203. The lowest BCUT2D eigenvalue weighted by molar-refractivity contribution is -0.0736. The molecule has 6 rings (SSSR count). The van der Waals surface area contributed by atoms with Crippen LogP contribution < -0.4 is 15.8 Å². The Morgan fingerprint density at radius 2 is 1.66 bits per heavy atom. The Balaban J connectivity index is 1.62. The lowest BCUT2D eigenvalue weighted by Crippen LogP contribution is -2.71. The standard InChI is InChI=1S/C28H33N3O/c1-20-19-31-16-15-25(20)27(30-18-21-17-24(29)13-14-26(21)32-2)28(31,22-9-5-3-6-10-22)23-11-7-4-8-12-23/h3-14,17,20,25,27,30H,15-16,18-19,29H2,1-2H3/t20?,25?,27-/m0/s1. The van der Waals surface area contributed by atoms with E-state index in [1.807, 2.05) is 18.2 Å². The number of benzene rings is 3. The summed E-state index contributed by atoms with van der Waals surface area (Å²) in [6.45, 7) is 5.37. The summed E-state index contributed by atoms with van der Waals surface area (Å²) in [7, 11) is 1.73. The number of hydrogen-bond donors (Lipinski definition) is 2. The van der Waals surface area contributed by atoms with Gasteiger partial charge in [0.1, 0.15) is 5.75 Å². The molecule has 4 atom stereocenters. The maximum Gasteiger partial charge on any atom is 0.123 e. The molecule has 3 aliphatic heterocycles. The summed E-state index contributed by atoms with van der Waals surface area (Å²) in [5.41, 5.74) is 10.5. The van der Waals surface area contributed by atoms with Gasteiger partial charge in [0.2, 0.25) is 0 Å². The SMILES string of the molecule is COc1ccc(N)cc1CN[C@H]1C2CCN(CC2C)C1(c1ccccc1)c1ccccc1. The zero-order valence-corrected chi connectivity index (χ0v) is 19.0. The molecular weight excluding hydrogens is 394 g/mol. The van der Waals surface area contributed by atoms with E-state index in [1.54, 1.807) is 7.11 Å². The number of rotatable bonds is 6. The van der Waals surface area contributed by atoms with Crippen LogP contribution in [0.3, 0.4) is 0 Å². The molecule has 0 aromatic heterocycles. The number of nitrogens with zero attached hydrogens (tertiary/aromatic N) is 1. The molecule has 3 N–H and O–H groups in total. The molecule has 4 nitrogen and oxygen atoms in total. The Morgan fingerprint density at radius 1 is 1.00 bits per heavy atom. The van der Waals surface area contributed by atoms with Gasteiger partial charge in [-0.1, -0.05) is 67.6 Å². The maximum absolute atomic E-state index is 6.12. The summed E-state index contributed by atoms with van der Waals surface area (Å²) in [6, 6.07) is 28.3. The molecular formula is C28H33N3O. The number of ether oxygens (including phenoxy) is 1. The maximum atomic E-state index is 6.12. The van der Waals surface area contributed by atoms with Crippen molar-refractivity contribution in [3.63, 3.8) is 0 Å². The van der Waals surface area contributed by atoms with Crippen molar-refractivity contribution in [2.45, 2.75) is 31.5 Å². The van der Waals surface area contributed by atoms with Crippen molar-refractivity contribution in [3.05, 3.63) is 95.6 Å². The third-order valence-corrected chi connectivity index (χ3v) is 7.59. The smallest absolute Gasteiger partial charge is 0.123 e. The van der Waals surface area contributed by atoms with Crippen molar-refractivity contribution in [1.29, 1.82) is 0 Å². The minimum Gasteiger partial charge on any atom is -0.496 e. The van der Waals surface area contributed by atoms with Crippen molar-refractivity contribution >= 4 is 5.69 Å². The quantitative estimate of drug-likeness (QED) is 0.562. The molecule has 3 aromatic carbocycles. The molecule has 3 aromatic rings. The van der Waals surface area contributed by atoms with Crippen molar-refractivity contribution < 1.29 is 4.74 Å². The zero-order valence-electron chi connectivity index (χ0n) is 19.0. The number of piperidine rings is 3. The van der Waals surface area contributed by atoms with Crippen LogP contribution in [0, 0.1) is 11.8 Å². The molecule has 4 heteroatoms. The fourth-order valence-electron chi connectivity index (χ4n) is 6.22. The summed E-state index contributed by atoms with van der Waals surface area (Å²) in [5, 5.41) is 4.01. The molecule has 3 heterocycles. The third-order valence-electron chi connectivity index (χ3n) is 7.59. The molecule has 32 heavy (non-hydrogen) atoms. The van der Waals surface area contributed by atoms with Gasteiger partial charge in [-0.2, -0.15) is 0 Å². The lowest BCUT2D eigenvalue weighted by atomic mass is 9.61. The van der Waals surface area contributed by atoms with Gasteiger partial charge in [0.05, 0.1) is 12.6 Å². The highest BCUT2D eigenvalue weighted by Crippen LogP contribution is 2.51. The average Bonchev–Trinajstić information content (AvgIpc) is 2.84. The second-order valence-corrected chi connectivity index (χ2v) is 9.30. The minimum absolute atomic E-state index is 0.203. The van der Waals surface area contributed by atoms with Crippen LogP contribution in [0.2, 0.25) is 0 Å². The van der Waals surface area contributed by atoms with E-state index in [2.05, 4.69) is 77.8 Å². The molecule has 0 amide bonds. The first kappa shape index (κ1) is 21.0. The van der Waals surface area contributed by atoms with E-state index in [0.717, 1.165) is 36.6 Å². The van der Waals surface area contributed by atoms with Crippen LogP contribution in [0.5, 0.6) is 5.75 Å². The predicted octanol–water partition coefficient (Wildman–Crippen LogP) is 4.65. The van der Waals surface area contributed by atoms with Gasteiger partial charge in [-0.25, -0.2) is 0 Å². The molecule has 3 fully saturated rings. The summed E-state index contributed by atoms with van der Waals surface area (Å²) >= 11 is 0. The number of methoxy groups -OCH3 is 1. The Bertz CT molecular complexity index is 1010. The topological polar surface area (TPSA) is 50.5 Å². The highest BCUT2D eigenvalue weighted by molar-refractivity contribution is 5.48. The van der Waals surface area contributed by atoms with Crippen LogP contribution in [0.15, 0.2) is 78.9 Å². The van der Waals surface area contributed by atoms with Gasteiger partial charge >= 0.3 is 0 Å². The molecule has 0 radical (unpaired) electrons. The Kier molecular flexibility index (Phi) is 5.66. The lowest BCUT2D eigenvalue weighted by Gasteiger charge is -2.62. The van der Waals surface area contributed by atoms with Crippen LogP contribution in [0.1, 0.15) is 30.0 Å². The van der Waals surface area contributed by atoms with Crippen molar-refractivity contribution in [3.8, 4) is 5.75 Å². The van der Waals surface area contributed by atoms with E-state index in [1.165, 1.54) is 17.5 Å². The molecule has 3 aliphatic rings. The molecule has 3 saturated heterocycles. The van der Waals surface area contributed by atoms with Gasteiger partial charge in [-0.3, -0.25) is 4.90 Å². The highest BCUT2D eigenvalue weighted by Gasteiger charge is 2.57. The number of nitrogen functional groups attached to an aromatic ring is 1. The first-order chi connectivity index (χ1) is 15.6. The number of hydrogen-bond acceptors (Lipinski definition) is 4. The van der Waals surface area contributed by atoms with E-state index in [-0.39, 0.29) is 11.6 Å². The van der Waals surface area contributed by atoms with Crippen molar-refractivity contribution in [1.82, 2.24) is 10.2 Å². The molecule has 166 valence electrons. The van der Waals surface area contributed by atoms with E-state index >= 15 is 0 Å². The van der Waals surface area contributed by atoms with E-state index in [9.17, 15) is 0 Å². The van der Waals surface area contributed by atoms with Crippen molar-refractivity contribution in [2.75, 3.05) is 25.9 Å². The largest absolute Gasteiger partial charge is 0.496 e.